The lowest BCUT2D eigenvalue weighted by atomic mass is 10.1. The third-order valence-corrected chi connectivity index (χ3v) is 5.04. The molecule has 2 aromatic rings. The fourth-order valence-corrected chi connectivity index (χ4v) is 3.61. The van der Waals surface area contributed by atoms with Crippen LogP contribution >= 0.6 is 22.9 Å². The third-order valence-electron chi connectivity index (χ3n) is 3.98. The molecule has 0 unspecified atom stereocenters. The topological polar surface area (TPSA) is 25.4 Å². The third kappa shape index (κ3) is 4.45. The van der Waals surface area contributed by atoms with E-state index in [0.717, 1.165) is 54.7 Å². The fourth-order valence-electron chi connectivity index (χ4n) is 2.78. The number of hydrogen-bond donors (Lipinski definition) is 0. The van der Waals surface area contributed by atoms with E-state index in [9.17, 15) is 0 Å². The predicted molar refractivity (Wildman–Crippen MR) is 92.1 cm³/mol. The molecule has 118 valence electrons. The van der Waals surface area contributed by atoms with Crippen molar-refractivity contribution in [1.29, 1.82) is 0 Å². The molecular formula is C17H21ClN2OS. The van der Waals surface area contributed by atoms with Crippen molar-refractivity contribution in [2.75, 3.05) is 19.6 Å². The number of ether oxygens (including phenoxy) is 1. The molecule has 0 amide bonds. The van der Waals surface area contributed by atoms with Crippen LogP contribution in [0.4, 0.5) is 0 Å². The van der Waals surface area contributed by atoms with Crippen molar-refractivity contribution < 1.29 is 4.74 Å². The van der Waals surface area contributed by atoms with Gasteiger partial charge in [0.05, 0.1) is 10.7 Å². The number of aromatic nitrogens is 1. The van der Waals surface area contributed by atoms with Crippen LogP contribution in [0, 0.1) is 6.92 Å². The molecule has 0 atom stereocenters. The average molecular weight is 337 g/mol. The summed E-state index contributed by atoms with van der Waals surface area (Å²) < 4.78 is 6.03. The monoisotopic (exact) mass is 336 g/mol. The second-order valence-corrected chi connectivity index (χ2v) is 7.22. The summed E-state index contributed by atoms with van der Waals surface area (Å²) in [5.41, 5.74) is 1.22. The number of aryl methyl sites for hydroxylation is 1. The Morgan fingerprint density at radius 2 is 2.18 bits per heavy atom. The second kappa shape index (κ2) is 7.44. The smallest absolute Gasteiger partial charge is 0.121 e. The van der Waals surface area contributed by atoms with Crippen molar-refractivity contribution >= 4 is 22.9 Å². The van der Waals surface area contributed by atoms with Gasteiger partial charge in [0.1, 0.15) is 11.9 Å². The minimum Gasteiger partial charge on any atom is -0.490 e. The number of piperidine rings is 1. The van der Waals surface area contributed by atoms with Gasteiger partial charge < -0.3 is 9.64 Å². The Morgan fingerprint density at radius 1 is 1.36 bits per heavy atom. The molecule has 2 heterocycles. The molecule has 0 bridgehead atoms. The number of rotatable bonds is 5. The summed E-state index contributed by atoms with van der Waals surface area (Å²) in [6.07, 6.45) is 3.49. The van der Waals surface area contributed by atoms with Crippen molar-refractivity contribution in [3.05, 3.63) is 45.4 Å². The first-order chi connectivity index (χ1) is 10.7. The fraction of sp³-hybridized carbons (Fsp3) is 0.471. The molecule has 3 nitrogen and oxygen atoms in total. The maximum absolute atomic E-state index is 6.03. The Morgan fingerprint density at radius 3 is 2.86 bits per heavy atom. The van der Waals surface area contributed by atoms with Gasteiger partial charge in [0.25, 0.3) is 0 Å². The number of likely N-dealkylation sites (tertiary alicyclic amines) is 1. The van der Waals surface area contributed by atoms with Crippen molar-refractivity contribution in [1.82, 2.24) is 9.88 Å². The second-order valence-electron chi connectivity index (χ2n) is 5.72. The van der Waals surface area contributed by atoms with Gasteiger partial charge in [-0.05, 0) is 38.0 Å². The number of thiazole rings is 1. The molecule has 22 heavy (non-hydrogen) atoms. The first-order valence-electron chi connectivity index (χ1n) is 7.74. The zero-order chi connectivity index (χ0) is 15.4. The zero-order valence-electron chi connectivity index (χ0n) is 12.8. The van der Waals surface area contributed by atoms with E-state index in [1.165, 1.54) is 5.69 Å². The molecule has 1 aliphatic rings. The lowest BCUT2D eigenvalue weighted by Crippen LogP contribution is -2.39. The van der Waals surface area contributed by atoms with E-state index in [2.05, 4.69) is 22.2 Å². The van der Waals surface area contributed by atoms with Crippen molar-refractivity contribution in [3.63, 3.8) is 0 Å². The summed E-state index contributed by atoms with van der Waals surface area (Å²) >= 11 is 7.73. The van der Waals surface area contributed by atoms with E-state index in [4.69, 9.17) is 16.3 Å². The van der Waals surface area contributed by atoms with Crippen molar-refractivity contribution in [2.45, 2.75) is 32.3 Å². The Hall–Kier alpha value is -1.10. The van der Waals surface area contributed by atoms with Gasteiger partial charge in [-0.25, -0.2) is 4.98 Å². The molecule has 1 saturated heterocycles. The van der Waals surface area contributed by atoms with Crippen LogP contribution in [-0.4, -0.2) is 35.6 Å². The molecule has 1 aliphatic heterocycles. The Kier molecular flexibility index (Phi) is 5.34. The van der Waals surface area contributed by atoms with Gasteiger partial charge >= 0.3 is 0 Å². The highest BCUT2D eigenvalue weighted by atomic mass is 35.5. The van der Waals surface area contributed by atoms with Crippen molar-refractivity contribution in [2.24, 2.45) is 0 Å². The summed E-state index contributed by atoms with van der Waals surface area (Å²) in [5, 5.41) is 4.06. The van der Waals surface area contributed by atoms with Crippen LogP contribution in [0.15, 0.2) is 29.6 Å². The van der Waals surface area contributed by atoms with Gasteiger partial charge in [-0.3, -0.25) is 0 Å². The van der Waals surface area contributed by atoms with Gasteiger partial charge in [-0.2, -0.15) is 0 Å². The van der Waals surface area contributed by atoms with Gasteiger partial charge in [-0.15, -0.1) is 11.3 Å². The molecular weight excluding hydrogens is 316 g/mol. The molecule has 0 spiro atoms. The molecule has 1 fully saturated rings. The highest BCUT2D eigenvalue weighted by molar-refractivity contribution is 7.09. The van der Waals surface area contributed by atoms with Gasteiger partial charge in [0.2, 0.25) is 0 Å². The number of benzene rings is 1. The lowest BCUT2D eigenvalue weighted by Gasteiger charge is -2.32. The molecule has 0 aliphatic carbocycles. The van der Waals surface area contributed by atoms with Gasteiger partial charge in [0.15, 0.2) is 0 Å². The maximum Gasteiger partial charge on any atom is 0.121 e. The number of halogens is 1. The summed E-state index contributed by atoms with van der Waals surface area (Å²) in [4.78, 5) is 7.04. The summed E-state index contributed by atoms with van der Waals surface area (Å²) in [6.45, 7) is 5.34. The SMILES string of the molecule is Cc1nc(CCN2CCC(Oc3cccc(Cl)c3)CC2)cs1. The molecule has 1 aromatic heterocycles. The average Bonchev–Trinajstić information content (AvgIpc) is 2.92. The zero-order valence-corrected chi connectivity index (χ0v) is 14.4. The minimum atomic E-state index is 0.302. The van der Waals surface area contributed by atoms with Crippen LogP contribution in [0.2, 0.25) is 5.02 Å². The van der Waals surface area contributed by atoms with E-state index in [1.54, 1.807) is 11.3 Å². The predicted octanol–water partition coefficient (Wildman–Crippen LogP) is 4.19. The largest absolute Gasteiger partial charge is 0.490 e. The Labute approximate surface area is 140 Å². The minimum absolute atomic E-state index is 0.302. The summed E-state index contributed by atoms with van der Waals surface area (Å²) in [7, 11) is 0. The highest BCUT2D eigenvalue weighted by Gasteiger charge is 2.20. The van der Waals surface area contributed by atoms with E-state index in [-0.39, 0.29) is 0 Å². The van der Waals surface area contributed by atoms with Gasteiger partial charge in [0, 0.05) is 36.5 Å². The van der Waals surface area contributed by atoms with E-state index in [0.29, 0.717) is 6.10 Å². The van der Waals surface area contributed by atoms with E-state index in [1.807, 2.05) is 24.3 Å². The van der Waals surface area contributed by atoms with Gasteiger partial charge in [-0.1, -0.05) is 17.7 Å². The first kappa shape index (κ1) is 15.8. The molecule has 3 rings (SSSR count). The van der Waals surface area contributed by atoms with Crippen LogP contribution in [-0.2, 0) is 6.42 Å². The molecule has 0 N–H and O–H groups in total. The van der Waals surface area contributed by atoms with E-state index < -0.39 is 0 Å². The van der Waals surface area contributed by atoms with Crippen LogP contribution in [0.5, 0.6) is 5.75 Å². The lowest BCUT2D eigenvalue weighted by molar-refractivity contribution is 0.101. The van der Waals surface area contributed by atoms with Crippen LogP contribution in [0.1, 0.15) is 23.5 Å². The summed E-state index contributed by atoms with van der Waals surface area (Å²) in [6, 6.07) is 7.67. The Bertz CT molecular complexity index is 608. The molecule has 0 radical (unpaired) electrons. The first-order valence-corrected chi connectivity index (χ1v) is 9.00. The normalized spacial score (nSPS) is 16.8. The van der Waals surface area contributed by atoms with Crippen LogP contribution in [0.3, 0.4) is 0 Å². The standard InChI is InChI=1S/C17H21ClN2OS/c1-13-19-15(12-22-13)5-8-20-9-6-16(7-10-20)21-17-4-2-3-14(18)11-17/h2-4,11-12,16H,5-10H2,1H3. The number of nitrogens with zero attached hydrogens (tertiary/aromatic N) is 2. The highest BCUT2D eigenvalue weighted by Crippen LogP contribution is 2.22. The summed E-state index contributed by atoms with van der Waals surface area (Å²) in [5.74, 6) is 0.879. The quantitative estimate of drug-likeness (QED) is 0.818. The van der Waals surface area contributed by atoms with Crippen LogP contribution < -0.4 is 4.74 Å². The Balaban J connectivity index is 1.42. The van der Waals surface area contributed by atoms with E-state index >= 15 is 0 Å². The van der Waals surface area contributed by atoms with Crippen LogP contribution in [0.25, 0.3) is 0 Å². The maximum atomic E-state index is 6.03. The number of hydrogen-bond acceptors (Lipinski definition) is 4. The molecule has 5 heteroatoms. The molecule has 1 aromatic carbocycles. The van der Waals surface area contributed by atoms with Crippen molar-refractivity contribution in [3.8, 4) is 5.75 Å². The molecule has 0 saturated carbocycles.